The fourth-order valence-electron chi connectivity index (χ4n) is 1.75. The molecular formula is C10H17NO5. The standard InChI is InChI=1S/C10H17NO5/c1-16-10(3-2-4-10)5-8(13)11-7(6-12)9(14)15/h7,12H,2-6H2,1H3,(H,11,13)(H,14,15)/t7-/m1/s1. The summed E-state index contributed by atoms with van der Waals surface area (Å²) in [4.78, 5) is 22.1. The van der Waals surface area contributed by atoms with Crippen LogP contribution in [0.3, 0.4) is 0 Å². The molecule has 0 heterocycles. The minimum Gasteiger partial charge on any atom is -0.480 e. The van der Waals surface area contributed by atoms with Crippen molar-refractivity contribution in [3.63, 3.8) is 0 Å². The number of aliphatic hydroxyl groups excluding tert-OH is 1. The largest absolute Gasteiger partial charge is 0.480 e. The molecule has 0 saturated heterocycles. The number of aliphatic hydroxyl groups is 1. The van der Waals surface area contributed by atoms with Crippen LogP contribution in [0.4, 0.5) is 0 Å². The predicted molar refractivity (Wildman–Crippen MR) is 54.9 cm³/mol. The third kappa shape index (κ3) is 2.93. The first-order valence-electron chi connectivity index (χ1n) is 5.21. The fraction of sp³-hybridized carbons (Fsp3) is 0.800. The van der Waals surface area contributed by atoms with Crippen LogP contribution in [0.5, 0.6) is 0 Å². The maximum atomic E-state index is 11.5. The van der Waals surface area contributed by atoms with Gasteiger partial charge in [-0.05, 0) is 19.3 Å². The Morgan fingerprint density at radius 1 is 1.50 bits per heavy atom. The van der Waals surface area contributed by atoms with Crippen molar-refractivity contribution in [2.45, 2.75) is 37.3 Å². The normalized spacial score (nSPS) is 19.6. The molecule has 1 fully saturated rings. The van der Waals surface area contributed by atoms with E-state index in [1.54, 1.807) is 7.11 Å². The molecule has 92 valence electrons. The number of ether oxygens (including phenoxy) is 1. The van der Waals surface area contributed by atoms with Gasteiger partial charge in [0.25, 0.3) is 0 Å². The van der Waals surface area contributed by atoms with Crippen LogP contribution >= 0.6 is 0 Å². The summed E-state index contributed by atoms with van der Waals surface area (Å²) < 4.78 is 5.25. The predicted octanol–water partition coefficient (Wildman–Crippen LogP) is -0.493. The van der Waals surface area contributed by atoms with Crippen LogP contribution in [0.2, 0.25) is 0 Å². The van der Waals surface area contributed by atoms with E-state index in [2.05, 4.69) is 5.32 Å². The van der Waals surface area contributed by atoms with E-state index < -0.39 is 30.1 Å². The van der Waals surface area contributed by atoms with Gasteiger partial charge in [-0.2, -0.15) is 0 Å². The van der Waals surface area contributed by atoms with Gasteiger partial charge >= 0.3 is 5.97 Å². The lowest BCUT2D eigenvalue weighted by molar-refractivity contribution is -0.145. The molecule has 0 aliphatic heterocycles. The van der Waals surface area contributed by atoms with E-state index in [0.717, 1.165) is 19.3 Å². The molecule has 6 heteroatoms. The molecule has 0 aromatic rings. The van der Waals surface area contributed by atoms with Gasteiger partial charge in [-0.25, -0.2) is 4.79 Å². The second kappa shape index (κ2) is 5.27. The van der Waals surface area contributed by atoms with Gasteiger partial charge in [-0.3, -0.25) is 4.79 Å². The summed E-state index contributed by atoms with van der Waals surface area (Å²) in [6.07, 6.45) is 2.79. The summed E-state index contributed by atoms with van der Waals surface area (Å²) in [5.74, 6) is -1.64. The summed E-state index contributed by atoms with van der Waals surface area (Å²) in [5.41, 5.74) is -0.428. The highest BCUT2D eigenvalue weighted by molar-refractivity contribution is 5.84. The van der Waals surface area contributed by atoms with Crippen molar-refractivity contribution in [1.29, 1.82) is 0 Å². The zero-order valence-electron chi connectivity index (χ0n) is 9.23. The van der Waals surface area contributed by atoms with E-state index in [1.165, 1.54) is 0 Å². The maximum absolute atomic E-state index is 11.5. The van der Waals surface area contributed by atoms with Crippen LogP contribution in [0.1, 0.15) is 25.7 Å². The fourth-order valence-corrected chi connectivity index (χ4v) is 1.75. The topological polar surface area (TPSA) is 95.9 Å². The molecule has 1 aliphatic rings. The third-order valence-electron chi connectivity index (χ3n) is 3.00. The van der Waals surface area contributed by atoms with Gasteiger partial charge in [-0.1, -0.05) is 0 Å². The molecule has 1 atom stereocenters. The Labute approximate surface area is 93.6 Å². The van der Waals surface area contributed by atoms with Crippen molar-refractivity contribution in [1.82, 2.24) is 5.32 Å². The molecule has 0 aromatic carbocycles. The molecule has 0 spiro atoms. The number of carboxylic acid groups (broad SMARTS) is 1. The van der Waals surface area contributed by atoms with E-state index in [9.17, 15) is 9.59 Å². The highest BCUT2D eigenvalue weighted by Crippen LogP contribution is 2.37. The van der Waals surface area contributed by atoms with Crippen molar-refractivity contribution in [3.05, 3.63) is 0 Å². The van der Waals surface area contributed by atoms with Crippen molar-refractivity contribution in [2.75, 3.05) is 13.7 Å². The summed E-state index contributed by atoms with van der Waals surface area (Å²) in [5, 5.41) is 19.6. The lowest BCUT2D eigenvalue weighted by atomic mass is 9.77. The van der Waals surface area contributed by atoms with Crippen molar-refractivity contribution in [3.8, 4) is 0 Å². The van der Waals surface area contributed by atoms with Crippen molar-refractivity contribution >= 4 is 11.9 Å². The van der Waals surface area contributed by atoms with Gasteiger partial charge < -0.3 is 20.3 Å². The Morgan fingerprint density at radius 2 is 2.12 bits per heavy atom. The third-order valence-corrected chi connectivity index (χ3v) is 3.00. The molecule has 1 aliphatic carbocycles. The molecular weight excluding hydrogens is 214 g/mol. The van der Waals surface area contributed by atoms with E-state index in [1.807, 2.05) is 0 Å². The number of aliphatic carboxylic acids is 1. The van der Waals surface area contributed by atoms with E-state index >= 15 is 0 Å². The summed E-state index contributed by atoms with van der Waals surface area (Å²) in [7, 11) is 1.55. The van der Waals surface area contributed by atoms with Gasteiger partial charge in [0.05, 0.1) is 18.6 Å². The maximum Gasteiger partial charge on any atom is 0.328 e. The van der Waals surface area contributed by atoms with Gasteiger partial charge in [0.1, 0.15) is 6.04 Å². The zero-order chi connectivity index (χ0) is 12.2. The van der Waals surface area contributed by atoms with Crippen LogP contribution in [0.15, 0.2) is 0 Å². The van der Waals surface area contributed by atoms with Gasteiger partial charge in [0.15, 0.2) is 0 Å². The average Bonchev–Trinajstić information content (AvgIpc) is 2.19. The highest BCUT2D eigenvalue weighted by atomic mass is 16.5. The number of hydrogen-bond donors (Lipinski definition) is 3. The van der Waals surface area contributed by atoms with E-state index in [4.69, 9.17) is 14.9 Å². The van der Waals surface area contributed by atoms with Gasteiger partial charge in [0, 0.05) is 7.11 Å². The number of carboxylic acids is 1. The summed E-state index contributed by atoms with van der Waals surface area (Å²) >= 11 is 0. The lowest BCUT2D eigenvalue weighted by Crippen LogP contribution is -2.48. The number of amides is 1. The van der Waals surface area contributed by atoms with Crippen LogP contribution in [-0.4, -0.2) is 47.4 Å². The molecule has 0 unspecified atom stereocenters. The number of methoxy groups -OCH3 is 1. The highest BCUT2D eigenvalue weighted by Gasteiger charge is 2.39. The monoisotopic (exact) mass is 231 g/mol. The van der Waals surface area contributed by atoms with E-state index in [0.29, 0.717) is 0 Å². The first kappa shape index (κ1) is 12.9. The van der Waals surface area contributed by atoms with Crippen LogP contribution in [-0.2, 0) is 14.3 Å². The molecule has 16 heavy (non-hydrogen) atoms. The number of hydrogen-bond acceptors (Lipinski definition) is 4. The molecule has 1 saturated carbocycles. The Morgan fingerprint density at radius 3 is 2.44 bits per heavy atom. The molecule has 6 nitrogen and oxygen atoms in total. The second-order valence-corrected chi connectivity index (χ2v) is 4.06. The quantitative estimate of drug-likeness (QED) is 0.573. The lowest BCUT2D eigenvalue weighted by Gasteiger charge is -2.40. The minimum atomic E-state index is -1.24. The Kier molecular flexibility index (Phi) is 4.26. The molecule has 0 radical (unpaired) electrons. The van der Waals surface area contributed by atoms with Crippen LogP contribution < -0.4 is 5.32 Å². The molecule has 1 amide bonds. The average molecular weight is 231 g/mol. The molecule has 0 bridgehead atoms. The summed E-state index contributed by atoms with van der Waals surface area (Å²) in [6, 6.07) is -1.23. The summed E-state index contributed by atoms with van der Waals surface area (Å²) in [6.45, 7) is -0.610. The minimum absolute atomic E-state index is 0.146. The van der Waals surface area contributed by atoms with Crippen LogP contribution in [0, 0.1) is 0 Å². The number of nitrogens with one attached hydrogen (secondary N) is 1. The molecule has 1 rings (SSSR count). The second-order valence-electron chi connectivity index (χ2n) is 4.06. The smallest absolute Gasteiger partial charge is 0.328 e. The molecule has 3 N–H and O–H groups in total. The Bertz CT molecular complexity index is 269. The van der Waals surface area contributed by atoms with E-state index in [-0.39, 0.29) is 6.42 Å². The number of carbonyl (C=O) groups excluding carboxylic acids is 1. The van der Waals surface area contributed by atoms with Gasteiger partial charge in [-0.15, -0.1) is 0 Å². The van der Waals surface area contributed by atoms with Crippen molar-refractivity contribution < 1.29 is 24.5 Å². The SMILES string of the molecule is COC1(CC(=O)N[C@H](CO)C(=O)O)CCC1. The first-order valence-corrected chi connectivity index (χ1v) is 5.21. The molecule has 0 aromatic heterocycles. The van der Waals surface area contributed by atoms with Crippen molar-refractivity contribution in [2.24, 2.45) is 0 Å². The van der Waals surface area contributed by atoms with Gasteiger partial charge in [0.2, 0.25) is 5.91 Å². The number of carbonyl (C=O) groups is 2. The zero-order valence-corrected chi connectivity index (χ0v) is 9.23. The van der Waals surface area contributed by atoms with Crippen LogP contribution in [0.25, 0.3) is 0 Å². The number of rotatable bonds is 6. The Hall–Kier alpha value is -1.14. The first-order chi connectivity index (χ1) is 7.53. The Balaban J connectivity index is 2.43.